The summed E-state index contributed by atoms with van der Waals surface area (Å²) >= 11 is 2.23. The highest BCUT2D eigenvalue weighted by molar-refractivity contribution is 14.1. The van der Waals surface area contributed by atoms with Crippen molar-refractivity contribution in [3.63, 3.8) is 0 Å². The van der Waals surface area contributed by atoms with Crippen molar-refractivity contribution in [1.82, 2.24) is 20.0 Å². The van der Waals surface area contributed by atoms with E-state index in [9.17, 15) is 0 Å². The van der Waals surface area contributed by atoms with Crippen LogP contribution in [0.5, 0.6) is 0 Å². The topological polar surface area (TPSA) is 43.6 Å². The minimum Gasteiger partial charge on any atom is -0.230 e. The van der Waals surface area contributed by atoms with Crippen LogP contribution in [-0.4, -0.2) is 20.0 Å². The van der Waals surface area contributed by atoms with Crippen LogP contribution in [0.3, 0.4) is 0 Å². The molecule has 0 atom stereocenters. The van der Waals surface area contributed by atoms with Crippen LogP contribution in [0, 0.1) is 17.5 Å². The molecule has 0 saturated carbocycles. The largest absolute Gasteiger partial charge is 0.230 e. The molecule has 0 aliphatic carbocycles. The predicted molar refractivity (Wildman–Crippen MR) is 58.5 cm³/mol. The van der Waals surface area contributed by atoms with E-state index >= 15 is 0 Å². The molecule has 0 N–H and O–H groups in total. The molecule has 2 aromatic heterocycles. The van der Waals surface area contributed by atoms with E-state index in [0.29, 0.717) is 0 Å². The van der Waals surface area contributed by atoms with E-state index in [0.717, 1.165) is 14.9 Å². The van der Waals surface area contributed by atoms with E-state index < -0.39 is 0 Å². The van der Waals surface area contributed by atoms with Gasteiger partial charge in [0.15, 0.2) is 5.65 Å². The molecule has 0 spiro atoms. The lowest BCUT2D eigenvalue weighted by atomic mass is 10.2. The standard InChI is InChI=1S/C8H9IN4/c1-4-5(2)7(9)10-8-6(4)11-12-13(8)3/h1-3H3. The van der Waals surface area contributed by atoms with Crippen molar-refractivity contribution in [1.29, 1.82) is 0 Å². The van der Waals surface area contributed by atoms with Gasteiger partial charge in [0.1, 0.15) is 9.22 Å². The molecule has 2 rings (SSSR count). The third-order valence-corrected chi connectivity index (χ3v) is 3.28. The van der Waals surface area contributed by atoms with Gasteiger partial charge >= 0.3 is 0 Å². The summed E-state index contributed by atoms with van der Waals surface area (Å²) in [6.45, 7) is 4.11. The first kappa shape index (κ1) is 8.86. The van der Waals surface area contributed by atoms with Gasteiger partial charge in [0.05, 0.1) is 0 Å². The second kappa shape index (κ2) is 2.90. The van der Waals surface area contributed by atoms with Gasteiger partial charge in [-0.05, 0) is 47.6 Å². The number of aryl methyl sites for hydroxylation is 2. The number of hydrogen-bond donors (Lipinski definition) is 0. The van der Waals surface area contributed by atoms with Crippen LogP contribution in [0.1, 0.15) is 11.1 Å². The Balaban J connectivity index is 2.96. The average molecular weight is 288 g/mol. The summed E-state index contributed by atoms with van der Waals surface area (Å²) < 4.78 is 2.72. The Morgan fingerprint density at radius 3 is 2.62 bits per heavy atom. The third-order valence-electron chi connectivity index (χ3n) is 2.23. The maximum atomic E-state index is 4.42. The average Bonchev–Trinajstić information content (AvgIpc) is 2.45. The molecule has 0 bridgehead atoms. The van der Waals surface area contributed by atoms with E-state index in [2.05, 4.69) is 51.7 Å². The van der Waals surface area contributed by atoms with Gasteiger partial charge in [-0.25, -0.2) is 9.67 Å². The zero-order valence-electron chi connectivity index (χ0n) is 7.67. The maximum Gasteiger partial charge on any atom is 0.179 e. The van der Waals surface area contributed by atoms with Crippen molar-refractivity contribution in [2.24, 2.45) is 7.05 Å². The highest BCUT2D eigenvalue weighted by atomic mass is 127. The molecule has 0 saturated heterocycles. The predicted octanol–water partition coefficient (Wildman–Crippen LogP) is 1.58. The lowest BCUT2D eigenvalue weighted by Crippen LogP contribution is -1.96. The van der Waals surface area contributed by atoms with Gasteiger partial charge in [-0.3, -0.25) is 0 Å². The summed E-state index contributed by atoms with van der Waals surface area (Å²) in [7, 11) is 1.85. The summed E-state index contributed by atoms with van der Waals surface area (Å²) in [6, 6.07) is 0. The first-order valence-corrected chi connectivity index (χ1v) is 5.01. The van der Waals surface area contributed by atoms with Gasteiger partial charge in [-0.15, -0.1) is 5.10 Å². The quantitative estimate of drug-likeness (QED) is 0.546. The van der Waals surface area contributed by atoms with Gasteiger partial charge < -0.3 is 0 Å². The van der Waals surface area contributed by atoms with Crippen LogP contribution >= 0.6 is 22.6 Å². The van der Waals surface area contributed by atoms with Gasteiger partial charge in [0, 0.05) is 7.05 Å². The summed E-state index contributed by atoms with van der Waals surface area (Å²) in [4.78, 5) is 4.42. The van der Waals surface area contributed by atoms with Crippen molar-refractivity contribution >= 4 is 33.8 Å². The molecular formula is C8H9IN4. The molecule has 0 aliphatic rings. The summed E-state index contributed by atoms with van der Waals surface area (Å²) in [6.07, 6.45) is 0. The lowest BCUT2D eigenvalue weighted by Gasteiger charge is -2.02. The van der Waals surface area contributed by atoms with Gasteiger partial charge in [-0.1, -0.05) is 5.21 Å². The normalized spacial score (nSPS) is 11.1. The Labute approximate surface area is 89.5 Å². The fourth-order valence-corrected chi connectivity index (χ4v) is 1.86. The molecule has 2 aromatic rings. The SMILES string of the molecule is Cc1c(I)nc2c(nnn2C)c1C. The van der Waals surface area contributed by atoms with Crippen LogP contribution in [0.2, 0.25) is 0 Å². The van der Waals surface area contributed by atoms with Crippen LogP contribution in [0.25, 0.3) is 11.2 Å². The lowest BCUT2D eigenvalue weighted by molar-refractivity contribution is 0.729. The monoisotopic (exact) mass is 288 g/mol. The Morgan fingerprint density at radius 1 is 1.23 bits per heavy atom. The van der Waals surface area contributed by atoms with Crippen molar-refractivity contribution in [2.75, 3.05) is 0 Å². The van der Waals surface area contributed by atoms with Crippen LogP contribution in [0.4, 0.5) is 0 Å². The second-order valence-electron chi connectivity index (χ2n) is 3.04. The molecule has 0 aliphatic heterocycles. The summed E-state index contributed by atoms with van der Waals surface area (Å²) in [5.41, 5.74) is 4.11. The Bertz CT molecular complexity index is 474. The van der Waals surface area contributed by atoms with Crippen molar-refractivity contribution in [3.05, 3.63) is 14.8 Å². The van der Waals surface area contributed by atoms with E-state index in [1.54, 1.807) is 4.68 Å². The van der Waals surface area contributed by atoms with Gasteiger partial charge in [0.2, 0.25) is 0 Å². The van der Waals surface area contributed by atoms with E-state index in [-0.39, 0.29) is 0 Å². The minimum absolute atomic E-state index is 0.854. The molecule has 0 fully saturated rings. The highest BCUT2D eigenvalue weighted by Crippen LogP contribution is 2.20. The van der Waals surface area contributed by atoms with E-state index in [4.69, 9.17) is 0 Å². The number of hydrogen-bond acceptors (Lipinski definition) is 3. The fraction of sp³-hybridized carbons (Fsp3) is 0.375. The fourth-order valence-electron chi connectivity index (χ4n) is 1.23. The molecule has 0 unspecified atom stereocenters. The first-order chi connectivity index (χ1) is 6.11. The number of rotatable bonds is 0. The van der Waals surface area contributed by atoms with Crippen molar-refractivity contribution in [2.45, 2.75) is 13.8 Å². The molecule has 13 heavy (non-hydrogen) atoms. The molecule has 2 heterocycles. The molecule has 68 valence electrons. The Hall–Kier alpha value is -0.720. The molecule has 0 amide bonds. The molecule has 4 nitrogen and oxygen atoms in total. The molecule has 5 heteroatoms. The zero-order valence-corrected chi connectivity index (χ0v) is 9.82. The van der Waals surface area contributed by atoms with E-state index in [1.807, 2.05) is 7.05 Å². The molecular weight excluding hydrogens is 279 g/mol. The Morgan fingerprint density at radius 2 is 1.92 bits per heavy atom. The smallest absolute Gasteiger partial charge is 0.179 e. The number of nitrogens with zero attached hydrogens (tertiary/aromatic N) is 4. The number of aromatic nitrogens is 4. The number of fused-ring (bicyclic) bond motifs is 1. The number of pyridine rings is 1. The molecule has 0 radical (unpaired) electrons. The third kappa shape index (κ3) is 1.21. The van der Waals surface area contributed by atoms with E-state index in [1.165, 1.54) is 11.1 Å². The van der Waals surface area contributed by atoms with Crippen molar-refractivity contribution < 1.29 is 0 Å². The van der Waals surface area contributed by atoms with Crippen molar-refractivity contribution in [3.8, 4) is 0 Å². The van der Waals surface area contributed by atoms with Crippen LogP contribution in [0.15, 0.2) is 0 Å². The highest BCUT2D eigenvalue weighted by Gasteiger charge is 2.10. The van der Waals surface area contributed by atoms with Gasteiger partial charge in [0.25, 0.3) is 0 Å². The summed E-state index contributed by atoms with van der Waals surface area (Å²) in [5, 5.41) is 8.01. The van der Waals surface area contributed by atoms with Gasteiger partial charge in [-0.2, -0.15) is 0 Å². The zero-order chi connectivity index (χ0) is 9.59. The second-order valence-corrected chi connectivity index (χ2v) is 4.06. The summed E-state index contributed by atoms with van der Waals surface area (Å²) in [5.74, 6) is 0. The Kier molecular flexibility index (Phi) is 1.98. The maximum absolute atomic E-state index is 4.42. The van der Waals surface area contributed by atoms with Crippen LogP contribution < -0.4 is 0 Å². The first-order valence-electron chi connectivity index (χ1n) is 3.93. The minimum atomic E-state index is 0.854. The molecule has 0 aromatic carbocycles. The number of halogens is 1. The van der Waals surface area contributed by atoms with Crippen LogP contribution in [-0.2, 0) is 7.05 Å².